The van der Waals surface area contributed by atoms with Crippen molar-refractivity contribution in [2.24, 2.45) is 0 Å². The third-order valence-electron chi connectivity index (χ3n) is 3.01. The summed E-state index contributed by atoms with van der Waals surface area (Å²) in [4.78, 5) is 26.3. The average molecular weight is 283 g/mol. The smallest absolute Gasteiger partial charge is 0.321 e. The molecule has 6 nitrogen and oxygen atoms in total. The van der Waals surface area contributed by atoms with Gasteiger partial charge in [-0.1, -0.05) is 0 Å². The second-order valence-electron chi connectivity index (χ2n) is 4.45. The standard InChI is InChI=1S/C12H17N3O3S/c16-11(17)8-14-3-1-4-15(6-5-14)12(18)13-10-2-7-19-9-10/h2,7,9H,1,3-6,8H2,(H,13,18)(H,16,17). The van der Waals surface area contributed by atoms with Crippen LogP contribution >= 0.6 is 11.3 Å². The van der Waals surface area contributed by atoms with E-state index >= 15 is 0 Å². The second-order valence-corrected chi connectivity index (χ2v) is 5.23. The van der Waals surface area contributed by atoms with Crippen LogP contribution in [0.25, 0.3) is 0 Å². The van der Waals surface area contributed by atoms with E-state index in [1.807, 2.05) is 21.7 Å². The van der Waals surface area contributed by atoms with Gasteiger partial charge in [-0.15, -0.1) is 0 Å². The minimum Gasteiger partial charge on any atom is -0.480 e. The molecule has 0 aliphatic carbocycles. The number of carbonyl (C=O) groups is 2. The fraction of sp³-hybridized carbons (Fsp3) is 0.500. The molecule has 0 aromatic carbocycles. The average Bonchev–Trinajstić information content (AvgIpc) is 2.74. The molecule has 0 radical (unpaired) electrons. The molecular weight excluding hydrogens is 266 g/mol. The van der Waals surface area contributed by atoms with Gasteiger partial charge in [-0.25, -0.2) is 4.79 Å². The van der Waals surface area contributed by atoms with E-state index in [2.05, 4.69) is 5.32 Å². The van der Waals surface area contributed by atoms with Gasteiger partial charge in [0.2, 0.25) is 0 Å². The van der Waals surface area contributed by atoms with E-state index < -0.39 is 5.97 Å². The molecule has 1 aromatic heterocycles. The third-order valence-corrected chi connectivity index (χ3v) is 3.69. The third kappa shape index (κ3) is 4.22. The van der Waals surface area contributed by atoms with Crippen LogP contribution in [0.2, 0.25) is 0 Å². The number of anilines is 1. The highest BCUT2D eigenvalue weighted by atomic mass is 32.1. The van der Waals surface area contributed by atoms with Crippen LogP contribution in [0.1, 0.15) is 6.42 Å². The largest absolute Gasteiger partial charge is 0.480 e. The van der Waals surface area contributed by atoms with Crippen molar-refractivity contribution in [3.63, 3.8) is 0 Å². The summed E-state index contributed by atoms with van der Waals surface area (Å²) >= 11 is 1.53. The predicted molar refractivity (Wildman–Crippen MR) is 73.6 cm³/mol. The molecule has 0 spiro atoms. The maximum Gasteiger partial charge on any atom is 0.321 e. The van der Waals surface area contributed by atoms with Crippen molar-refractivity contribution < 1.29 is 14.7 Å². The van der Waals surface area contributed by atoms with Crippen molar-refractivity contribution in [1.82, 2.24) is 9.80 Å². The Balaban J connectivity index is 1.84. The van der Waals surface area contributed by atoms with Gasteiger partial charge < -0.3 is 15.3 Å². The molecule has 0 saturated carbocycles. The molecule has 1 aromatic rings. The van der Waals surface area contributed by atoms with Crippen molar-refractivity contribution >= 4 is 29.0 Å². The Morgan fingerprint density at radius 3 is 2.84 bits per heavy atom. The van der Waals surface area contributed by atoms with Gasteiger partial charge in [0.15, 0.2) is 0 Å². The second kappa shape index (κ2) is 6.53. The van der Waals surface area contributed by atoms with Crippen molar-refractivity contribution in [1.29, 1.82) is 0 Å². The van der Waals surface area contributed by atoms with Crippen molar-refractivity contribution in [2.45, 2.75) is 6.42 Å². The molecule has 0 atom stereocenters. The molecule has 19 heavy (non-hydrogen) atoms. The van der Waals surface area contributed by atoms with E-state index in [4.69, 9.17) is 5.11 Å². The molecule has 1 saturated heterocycles. The van der Waals surface area contributed by atoms with E-state index in [0.717, 1.165) is 12.1 Å². The molecule has 1 aliphatic rings. The predicted octanol–water partition coefficient (Wildman–Crippen LogP) is 1.37. The highest BCUT2D eigenvalue weighted by molar-refractivity contribution is 7.08. The van der Waals surface area contributed by atoms with Crippen molar-refractivity contribution in [3.8, 4) is 0 Å². The van der Waals surface area contributed by atoms with E-state index in [-0.39, 0.29) is 12.6 Å². The van der Waals surface area contributed by atoms with E-state index in [9.17, 15) is 9.59 Å². The minimum atomic E-state index is -0.823. The zero-order chi connectivity index (χ0) is 13.7. The van der Waals surface area contributed by atoms with Crippen LogP contribution in [0.3, 0.4) is 0 Å². The Hall–Kier alpha value is -1.60. The lowest BCUT2D eigenvalue weighted by Crippen LogP contribution is -2.38. The van der Waals surface area contributed by atoms with Gasteiger partial charge in [0.05, 0.1) is 12.2 Å². The lowest BCUT2D eigenvalue weighted by Gasteiger charge is -2.21. The number of carboxylic acid groups (broad SMARTS) is 1. The maximum atomic E-state index is 12.0. The highest BCUT2D eigenvalue weighted by Gasteiger charge is 2.20. The summed E-state index contributed by atoms with van der Waals surface area (Å²) in [5.41, 5.74) is 0.807. The SMILES string of the molecule is O=C(O)CN1CCCN(C(=O)Nc2ccsc2)CC1. The monoisotopic (exact) mass is 283 g/mol. The molecule has 0 bridgehead atoms. The van der Waals surface area contributed by atoms with Gasteiger partial charge in [0, 0.05) is 31.6 Å². The molecule has 7 heteroatoms. The number of hydrogen-bond acceptors (Lipinski definition) is 4. The lowest BCUT2D eigenvalue weighted by atomic mass is 10.4. The van der Waals surface area contributed by atoms with Gasteiger partial charge in [0.1, 0.15) is 0 Å². The van der Waals surface area contributed by atoms with Crippen molar-refractivity contribution in [2.75, 3.05) is 38.0 Å². The topological polar surface area (TPSA) is 72.9 Å². The first kappa shape index (κ1) is 13.8. The first-order valence-corrected chi connectivity index (χ1v) is 7.12. The number of aliphatic carboxylic acids is 1. The summed E-state index contributed by atoms with van der Waals surface area (Å²) in [6, 6.07) is 1.74. The number of rotatable bonds is 3. The molecule has 2 N–H and O–H groups in total. The van der Waals surface area contributed by atoms with Gasteiger partial charge in [0.25, 0.3) is 0 Å². The number of hydrogen-bond donors (Lipinski definition) is 2. The molecule has 2 heterocycles. The van der Waals surface area contributed by atoms with Crippen LogP contribution in [-0.2, 0) is 4.79 Å². The summed E-state index contributed by atoms with van der Waals surface area (Å²) in [5, 5.41) is 15.4. The zero-order valence-electron chi connectivity index (χ0n) is 10.5. The quantitative estimate of drug-likeness (QED) is 0.879. The number of nitrogens with one attached hydrogen (secondary N) is 1. The fourth-order valence-corrected chi connectivity index (χ4v) is 2.65. The first-order chi connectivity index (χ1) is 9.15. The van der Waals surface area contributed by atoms with Gasteiger partial charge in [-0.2, -0.15) is 11.3 Å². The molecule has 2 amide bonds. The molecular formula is C12H17N3O3S. The summed E-state index contributed by atoms with van der Waals surface area (Å²) in [6.07, 6.45) is 0.796. The minimum absolute atomic E-state index is 0.0417. The van der Waals surface area contributed by atoms with Crippen LogP contribution in [0.15, 0.2) is 16.8 Å². The van der Waals surface area contributed by atoms with Gasteiger partial charge in [-0.05, 0) is 17.9 Å². The normalized spacial score (nSPS) is 16.9. The van der Waals surface area contributed by atoms with Crippen LogP contribution in [0.5, 0.6) is 0 Å². The number of carboxylic acids is 1. The number of urea groups is 1. The first-order valence-electron chi connectivity index (χ1n) is 6.17. The lowest BCUT2D eigenvalue weighted by molar-refractivity contribution is -0.138. The Kier molecular flexibility index (Phi) is 4.75. The Morgan fingerprint density at radius 1 is 1.32 bits per heavy atom. The number of thiophene rings is 1. The molecule has 0 unspecified atom stereocenters. The Bertz CT molecular complexity index is 435. The Morgan fingerprint density at radius 2 is 2.16 bits per heavy atom. The molecule has 1 fully saturated rings. The Labute approximate surface area is 115 Å². The number of amides is 2. The number of nitrogens with zero attached hydrogens (tertiary/aromatic N) is 2. The molecule has 104 valence electrons. The fourth-order valence-electron chi connectivity index (χ4n) is 2.06. The zero-order valence-corrected chi connectivity index (χ0v) is 11.4. The van der Waals surface area contributed by atoms with Crippen molar-refractivity contribution in [3.05, 3.63) is 16.8 Å². The van der Waals surface area contributed by atoms with E-state index in [0.29, 0.717) is 26.2 Å². The molecule has 1 aliphatic heterocycles. The van der Waals surface area contributed by atoms with Gasteiger partial charge in [-0.3, -0.25) is 9.69 Å². The summed E-state index contributed by atoms with van der Waals surface area (Å²) in [6.45, 7) is 2.58. The maximum absolute atomic E-state index is 12.0. The summed E-state index contributed by atoms with van der Waals surface area (Å²) < 4.78 is 0. The van der Waals surface area contributed by atoms with E-state index in [1.54, 1.807) is 4.90 Å². The summed E-state index contributed by atoms with van der Waals surface area (Å²) in [7, 11) is 0. The van der Waals surface area contributed by atoms with Gasteiger partial charge >= 0.3 is 12.0 Å². The summed E-state index contributed by atoms with van der Waals surface area (Å²) in [5.74, 6) is -0.823. The highest BCUT2D eigenvalue weighted by Crippen LogP contribution is 2.13. The molecule has 2 rings (SSSR count). The van der Waals surface area contributed by atoms with Crippen LogP contribution in [0, 0.1) is 0 Å². The van der Waals surface area contributed by atoms with Crippen LogP contribution in [0.4, 0.5) is 10.5 Å². The number of carbonyl (C=O) groups excluding carboxylic acids is 1. The van der Waals surface area contributed by atoms with Crippen LogP contribution < -0.4 is 5.32 Å². The van der Waals surface area contributed by atoms with E-state index in [1.165, 1.54) is 11.3 Å². The van der Waals surface area contributed by atoms with Crippen LogP contribution in [-0.4, -0.2) is 59.6 Å².